The number of carbonyl (C=O) groups is 1. The molecular weight excluding hydrogens is 243 g/mol. The van der Waals surface area contributed by atoms with Gasteiger partial charge in [-0.15, -0.1) is 11.3 Å². The van der Waals surface area contributed by atoms with Gasteiger partial charge in [-0.25, -0.2) is 9.79 Å². The minimum Gasteiger partial charge on any atom is -0.465 e. The van der Waals surface area contributed by atoms with Gasteiger partial charge >= 0.3 is 12.1 Å². The van der Waals surface area contributed by atoms with Crippen LogP contribution >= 0.6 is 11.3 Å². The van der Waals surface area contributed by atoms with E-state index in [1.807, 2.05) is 0 Å². The number of methoxy groups -OCH3 is 1. The summed E-state index contributed by atoms with van der Waals surface area (Å²) in [6, 6.07) is 1.37. The highest BCUT2D eigenvalue weighted by Gasteiger charge is 2.32. The lowest BCUT2D eigenvalue weighted by atomic mass is 10.3. The molecular formula is C9H8F3NO2S. The fourth-order valence-electron chi connectivity index (χ4n) is 0.869. The van der Waals surface area contributed by atoms with Gasteiger partial charge in [0, 0.05) is 0 Å². The standard InChI is InChI=1S/C9H8F3NO2S/c1-5(9(10,11)12)13-7-6(3-4-16-7)8(14)15-2/h3-4H,1-2H3. The average Bonchev–Trinajstić information content (AvgIpc) is 2.63. The van der Waals surface area contributed by atoms with Gasteiger partial charge in [0.15, 0.2) is 0 Å². The van der Waals surface area contributed by atoms with Gasteiger partial charge in [0.2, 0.25) is 0 Å². The number of thiophene rings is 1. The van der Waals surface area contributed by atoms with Crippen molar-refractivity contribution in [3.8, 4) is 0 Å². The first kappa shape index (κ1) is 12.7. The molecule has 0 N–H and O–H groups in total. The molecule has 0 saturated carbocycles. The molecule has 0 aromatic carbocycles. The molecule has 0 aliphatic carbocycles. The lowest BCUT2D eigenvalue weighted by Gasteiger charge is -2.04. The largest absolute Gasteiger partial charge is 0.465 e. The van der Waals surface area contributed by atoms with Crippen LogP contribution in [0.4, 0.5) is 18.2 Å². The van der Waals surface area contributed by atoms with Crippen molar-refractivity contribution in [2.45, 2.75) is 13.1 Å². The van der Waals surface area contributed by atoms with E-state index < -0.39 is 17.9 Å². The zero-order valence-corrected chi connectivity index (χ0v) is 9.28. The van der Waals surface area contributed by atoms with Crippen LogP contribution in [-0.2, 0) is 4.74 Å². The first-order chi connectivity index (χ1) is 7.36. The molecule has 0 spiro atoms. The van der Waals surface area contributed by atoms with Gasteiger partial charge in [-0.2, -0.15) is 13.2 Å². The predicted octanol–water partition coefficient (Wildman–Crippen LogP) is 3.19. The van der Waals surface area contributed by atoms with E-state index in [0.29, 0.717) is 0 Å². The zero-order chi connectivity index (χ0) is 12.3. The molecule has 1 rings (SSSR count). The van der Waals surface area contributed by atoms with E-state index in [2.05, 4.69) is 9.73 Å². The van der Waals surface area contributed by atoms with Crippen molar-refractivity contribution < 1.29 is 22.7 Å². The quantitative estimate of drug-likeness (QED) is 0.598. The topological polar surface area (TPSA) is 38.7 Å². The van der Waals surface area contributed by atoms with Gasteiger partial charge in [-0.05, 0) is 18.4 Å². The number of halogens is 3. The number of esters is 1. The molecule has 0 unspecified atom stereocenters. The molecule has 0 radical (unpaired) electrons. The molecule has 0 bridgehead atoms. The van der Waals surface area contributed by atoms with E-state index in [-0.39, 0.29) is 10.6 Å². The Bertz CT molecular complexity index is 423. The Balaban J connectivity index is 3.07. The smallest absolute Gasteiger partial charge is 0.429 e. The monoisotopic (exact) mass is 251 g/mol. The lowest BCUT2D eigenvalue weighted by molar-refractivity contribution is -0.0591. The third-order valence-electron chi connectivity index (χ3n) is 1.73. The maximum absolute atomic E-state index is 12.2. The van der Waals surface area contributed by atoms with E-state index in [0.717, 1.165) is 25.4 Å². The van der Waals surface area contributed by atoms with Crippen LogP contribution in [0, 0.1) is 0 Å². The van der Waals surface area contributed by atoms with Crippen LogP contribution in [0.1, 0.15) is 17.3 Å². The Morgan fingerprint density at radius 1 is 1.50 bits per heavy atom. The van der Waals surface area contributed by atoms with Gasteiger partial charge in [-0.3, -0.25) is 0 Å². The zero-order valence-electron chi connectivity index (χ0n) is 8.46. The molecule has 0 amide bonds. The number of aliphatic imine (C=N–C) groups is 1. The van der Waals surface area contributed by atoms with E-state index in [1.165, 1.54) is 11.4 Å². The molecule has 0 saturated heterocycles. The second-order valence-electron chi connectivity index (χ2n) is 2.83. The maximum Gasteiger partial charge on any atom is 0.429 e. The number of hydrogen-bond donors (Lipinski definition) is 0. The molecule has 0 aliphatic rings. The SMILES string of the molecule is COC(=O)c1ccsc1N=C(C)C(F)(F)F. The summed E-state index contributed by atoms with van der Waals surface area (Å²) >= 11 is 0.949. The van der Waals surface area contributed by atoms with Crippen molar-refractivity contribution in [2.24, 2.45) is 4.99 Å². The maximum atomic E-state index is 12.2. The van der Waals surface area contributed by atoms with Crippen molar-refractivity contribution in [3.63, 3.8) is 0 Å². The van der Waals surface area contributed by atoms with Crippen LogP contribution in [0.3, 0.4) is 0 Å². The summed E-state index contributed by atoms with van der Waals surface area (Å²) in [5, 5.41) is 1.48. The van der Waals surface area contributed by atoms with E-state index in [9.17, 15) is 18.0 Å². The van der Waals surface area contributed by atoms with Crippen molar-refractivity contribution in [3.05, 3.63) is 17.0 Å². The summed E-state index contributed by atoms with van der Waals surface area (Å²) in [5.74, 6) is -0.699. The second-order valence-corrected chi connectivity index (χ2v) is 3.72. The number of hydrogen-bond acceptors (Lipinski definition) is 4. The van der Waals surface area contributed by atoms with Gasteiger partial charge in [0.05, 0.1) is 12.7 Å². The fourth-order valence-corrected chi connectivity index (χ4v) is 1.67. The molecule has 7 heteroatoms. The molecule has 1 heterocycles. The summed E-state index contributed by atoms with van der Waals surface area (Å²) in [6.45, 7) is 0.848. The molecule has 3 nitrogen and oxygen atoms in total. The third-order valence-corrected chi connectivity index (χ3v) is 2.54. The number of nitrogens with zero attached hydrogens (tertiary/aromatic N) is 1. The molecule has 0 aliphatic heterocycles. The van der Waals surface area contributed by atoms with Crippen LogP contribution in [0.5, 0.6) is 0 Å². The highest BCUT2D eigenvalue weighted by atomic mass is 32.1. The molecule has 16 heavy (non-hydrogen) atoms. The summed E-state index contributed by atoms with van der Waals surface area (Å²) in [7, 11) is 1.16. The fraction of sp³-hybridized carbons (Fsp3) is 0.333. The Morgan fingerprint density at radius 2 is 2.12 bits per heavy atom. The molecule has 88 valence electrons. The minimum absolute atomic E-state index is 0.00155. The van der Waals surface area contributed by atoms with Crippen LogP contribution < -0.4 is 0 Å². The number of rotatable bonds is 2. The van der Waals surface area contributed by atoms with Crippen molar-refractivity contribution in [2.75, 3.05) is 7.11 Å². The second kappa shape index (κ2) is 4.65. The van der Waals surface area contributed by atoms with E-state index in [1.54, 1.807) is 0 Å². The number of ether oxygens (including phenoxy) is 1. The Morgan fingerprint density at radius 3 is 2.62 bits per heavy atom. The summed E-state index contributed by atoms with van der Waals surface area (Å²) in [6.07, 6.45) is -4.49. The van der Waals surface area contributed by atoms with E-state index in [4.69, 9.17) is 0 Å². The summed E-state index contributed by atoms with van der Waals surface area (Å²) < 4.78 is 41.1. The van der Waals surface area contributed by atoms with Crippen LogP contribution in [0.25, 0.3) is 0 Å². The van der Waals surface area contributed by atoms with Crippen LogP contribution in [0.2, 0.25) is 0 Å². The van der Waals surface area contributed by atoms with Gasteiger partial charge in [0.25, 0.3) is 0 Å². The highest BCUT2D eigenvalue weighted by molar-refractivity contribution is 7.14. The first-order valence-electron chi connectivity index (χ1n) is 4.14. The summed E-state index contributed by atoms with van der Waals surface area (Å²) in [4.78, 5) is 14.5. The van der Waals surface area contributed by atoms with Crippen molar-refractivity contribution in [1.29, 1.82) is 0 Å². The normalized spacial score (nSPS) is 12.7. The van der Waals surface area contributed by atoms with Gasteiger partial charge in [-0.1, -0.05) is 0 Å². The summed E-state index contributed by atoms with van der Waals surface area (Å²) in [5.41, 5.74) is -0.962. The van der Waals surface area contributed by atoms with E-state index >= 15 is 0 Å². The Kier molecular flexibility index (Phi) is 3.69. The molecule has 0 atom stereocenters. The lowest BCUT2D eigenvalue weighted by Crippen LogP contribution is -2.19. The van der Waals surface area contributed by atoms with Crippen molar-refractivity contribution >= 4 is 28.0 Å². The first-order valence-corrected chi connectivity index (χ1v) is 5.02. The Labute approximate surface area is 93.6 Å². The minimum atomic E-state index is -4.49. The predicted molar refractivity (Wildman–Crippen MR) is 54.5 cm³/mol. The van der Waals surface area contributed by atoms with Crippen LogP contribution in [-0.4, -0.2) is 25.0 Å². The third kappa shape index (κ3) is 2.82. The van der Waals surface area contributed by atoms with Crippen LogP contribution in [0.15, 0.2) is 16.4 Å². The van der Waals surface area contributed by atoms with Crippen molar-refractivity contribution in [1.82, 2.24) is 0 Å². The number of carbonyl (C=O) groups excluding carboxylic acids is 1. The number of alkyl halides is 3. The average molecular weight is 251 g/mol. The molecule has 0 fully saturated rings. The van der Waals surface area contributed by atoms with Gasteiger partial charge < -0.3 is 4.74 Å². The molecule has 1 aromatic heterocycles. The van der Waals surface area contributed by atoms with Gasteiger partial charge in [0.1, 0.15) is 10.7 Å². The molecule has 1 aromatic rings. The Hall–Kier alpha value is -1.37. The highest BCUT2D eigenvalue weighted by Crippen LogP contribution is 2.29.